The van der Waals surface area contributed by atoms with Crippen LogP contribution in [0.1, 0.15) is 62.6 Å². The number of furan rings is 1. The zero-order valence-corrected chi connectivity index (χ0v) is 28.7. The summed E-state index contributed by atoms with van der Waals surface area (Å²) in [5, 5.41) is 19.2. The highest BCUT2D eigenvalue weighted by Crippen LogP contribution is 2.36. The first-order valence-corrected chi connectivity index (χ1v) is 17.4. The van der Waals surface area contributed by atoms with Crippen molar-refractivity contribution in [2.75, 3.05) is 26.2 Å². The molecule has 2 aliphatic rings. The first-order valence-electron chi connectivity index (χ1n) is 17.4. The minimum atomic E-state index is -0.787. The molecule has 5 atom stereocenters. The quantitative estimate of drug-likeness (QED) is 0.199. The maximum Gasteiger partial charge on any atom is 0.239 e. The number of piperazine rings is 1. The topological polar surface area (TPSA) is 98.1 Å². The molecule has 8 heteroatoms. The summed E-state index contributed by atoms with van der Waals surface area (Å²) >= 11 is 0. The Labute approximate surface area is 284 Å². The van der Waals surface area contributed by atoms with Crippen molar-refractivity contribution in [3.8, 4) is 0 Å². The molecule has 2 heterocycles. The molecule has 1 unspecified atom stereocenters. The Morgan fingerprint density at radius 2 is 1.71 bits per heavy atom. The molecule has 254 valence electrons. The zero-order valence-electron chi connectivity index (χ0n) is 28.7. The molecule has 0 bridgehead atoms. The van der Waals surface area contributed by atoms with Gasteiger partial charge in [-0.1, -0.05) is 79.7 Å². The van der Waals surface area contributed by atoms with E-state index in [1.807, 2.05) is 81.4 Å². The SMILES string of the molecule is C[C@@H]1Cc2ccccc2C1NC(=O)[C@H](Cc1ccccc1)C[C@H](O)CN1CCN(Cc2cc3ccccc3o2)C[C@H]1C(=O)NC(C)(C)C. The van der Waals surface area contributed by atoms with Crippen LogP contribution in [0, 0.1) is 11.8 Å². The lowest BCUT2D eigenvalue weighted by Gasteiger charge is -2.42. The largest absolute Gasteiger partial charge is 0.460 e. The Hall–Kier alpha value is -3.98. The lowest BCUT2D eigenvalue weighted by molar-refractivity contribution is -0.132. The minimum Gasteiger partial charge on any atom is -0.460 e. The number of carbonyl (C=O) groups is 2. The predicted octanol–water partition coefficient (Wildman–Crippen LogP) is 5.49. The Morgan fingerprint density at radius 3 is 2.48 bits per heavy atom. The fourth-order valence-corrected chi connectivity index (χ4v) is 7.42. The van der Waals surface area contributed by atoms with E-state index in [-0.39, 0.29) is 17.9 Å². The third kappa shape index (κ3) is 8.35. The molecule has 0 radical (unpaired) electrons. The summed E-state index contributed by atoms with van der Waals surface area (Å²) in [6, 6.07) is 27.9. The van der Waals surface area contributed by atoms with Gasteiger partial charge in [-0.05, 0) is 74.8 Å². The van der Waals surface area contributed by atoms with Crippen LogP contribution in [0.2, 0.25) is 0 Å². The average Bonchev–Trinajstić information content (AvgIpc) is 3.60. The molecule has 4 aromatic rings. The lowest BCUT2D eigenvalue weighted by Crippen LogP contribution is -2.61. The number of hydrogen-bond acceptors (Lipinski definition) is 6. The van der Waals surface area contributed by atoms with Gasteiger partial charge >= 0.3 is 0 Å². The van der Waals surface area contributed by atoms with Crippen LogP contribution in [0.15, 0.2) is 89.3 Å². The van der Waals surface area contributed by atoms with Gasteiger partial charge in [0.2, 0.25) is 11.8 Å². The van der Waals surface area contributed by atoms with Crippen LogP contribution < -0.4 is 10.6 Å². The van der Waals surface area contributed by atoms with E-state index in [9.17, 15) is 14.7 Å². The molecule has 1 saturated heterocycles. The van der Waals surface area contributed by atoms with Gasteiger partial charge in [0.1, 0.15) is 17.4 Å². The molecule has 1 aromatic heterocycles. The highest BCUT2D eigenvalue weighted by molar-refractivity contribution is 5.83. The van der Waals surface area contributed by atoms with Crippen LogP contribution in [-0.4, -0.2) is 70.6 Å². The number of β-amino-alcohol motifs (C(OH)–C–C–N with tert-alkyl or cyclic N) is 1. The minimum absolute atomic E-state index is 0.0378. The van der Waals surface area contributed by atoms with Gasteiger partial charge in [0, 0.05) is 43.0 Å². The molecule has 48 heavy (non-hydrogen) atoms. The molecular formula is C40H50N4O4. The van der Waals surface area contributed by atoms with Gasteiger partial charge < -0.3 is 20.2 Å². The van der Waals surface area contributed by atoms with Crippen molar-refractivity contribution in [2.24, 2.45) is 11.8 Å². The maximum atomic E-state index is 14.0. The van der Waals surface area contributed by atoms with Gasteiger partial charge in [0.25, 0.3) is 0 Å². The van der Waals surface area contributed by atoms with Crippen LogP contribution in [0.3, 0.4) is 0 Å². The summed E-state index contributed by atoms with van der Waals surface area (Å²) in [5.41, 5.74) is 4.00. The summed E-state index contributed by atoms with van der Waals surface area (Å²) < 4.78 is 6.09. The van der Waals surface area contributed by atoms with E-state index in [2.05, 4.69) is 51.6 Å². The number of para-hydroxylation sites is 1. The summed E-state index contributed by atoms with van der Waals surface area (Å²) in [5.74, 6) is 0.652. The van der Waals surface area contributed by atoms with Crippen LogP contribution in [0.4, 0.5) is 0 Å². The molecule has 0 spiro atoms. The summed E-state index contributed by atoms with van der Waals surface area (Å²) in [7, 11) is 0. The number of hydrogen-bond donors (Lipinski definition) is 3. The predicted molar refractivity (Wildman–Crippen MR) is 189 cm³/mol. The second-order valence-corrected chi connectivity index (χ2v) is 14.9. The number of aliphatic hydroxyl groups excluding tert-OH is 1. The van der Waals surface area contributed by atoms with Crippen molar-refractivity contribution < 1.29 is 19.1 Å². The van der Waals surface area contributed by atoms with Gasteiger partial charge in [-0.2, -0.15) is 0 Å². The van der Waals surface area contributed by atoms with E-state index >= 15 is 0 Å². The van der Waals surface area contributed by atoms with Crippen LogP contribution in [-0.2, 0) is 29.0 Å². The third-order valence-electron chi connectivity index (χ3n) is 9.73. The average molecular weight is 651 g/mol. The fraction of sp³-hybridized carbons (Fsp3) is 0.450. The van der Waals surface area contributed by atoms with Crippen molar-refractivity contribution >= 4 is 22.8 Å². The van der Waals surface area contributed by atoms with Gasteiger partial charge in [-0.3, -0.25) is 19.4 Å². The summed E-state index contributed by atoms with van der Waals surface area (Å²) in [4.78, 5) is 32.0. The number of aliphatic hydroxyl groups is 1. The molecule has 8 nitrogen and oxygen atoms in total. The maximum absolute atomic E-state index is 14.0. The van der Waals surface area contributed by atoms with E-state index in [1.165, 1.54) is 11.1 Å². The van der Waals surface area contributed by atoms with E-state index in [1.54, 1.807) is 0 Å². The highest BCUT2D eigenvalue weighted by Gasteiger charge is 2.37. The third-order valence-corrected chi connectivity index (χ3v) is 9.73. The van der Waals surface area contributed by atoms with Gasteiger partial charge in [0.05, 0.1) is 18.7 Å². The number of rotatable bonds is 11. The Bertz CT molecular complexity index is 1660. The fourth-order valence-electron chi connectivity index (χ4n) is 7.42. The smallest absolute Gasteiger partial charge is 0.239 e. The molecule has 6 rings (SSSR count). The van der Waals surface area contributed by atoms with Crippen molar-refractivity contribution in [1.82, 2.24) is 20.4 Å². The van der Waals surface area contributed by atoms with Crippen LogP contribution >= 0.6 is 0 Å². The van der Waals surface area contributed by atoms with E-state index < -0.39 is 23.6 Å². The van der Waals surface area contributed by atoms with Gasteiger partial charge in [-0.25, -0.2) is 0 Å². The standard InChI is InChI=1S/C40H50N4O4/c1-27-20-29-14-8-10-16-34(29)37(27)41-38(46)31(21-28-12-6-5-7-13-28)22-32(45)24-44-19-18-43(26-35(44)39(47)42-40(2,3)4)25-33-23-30-15-9-11-17-36(30)48-33/h5-17,23,27,31-32,35,37,45H,18-22,24-26H2,1-4H3,(H,41,46)(H,42,47)/t27-,31-,32+,35+,37?/m1/s1. The Morgan fingerprint density at radius 1 is 0.979 bits per heavy atom. The van der Waals surface area contributed by atoms with E-state index in [0.717, 1.165) is 35.3 Å². The van der Waals surface area contributed by atoms with Crippen molar-refractivity contribution in [3.05, 3.63) is 107 Å². The van der Waals surface area contributed by atoms with Crippen LogP contribution in [0.5, 0.6) is 0 Å². The van der Waals surface area contributed by atoms with Crippen molar-refractivity contribution in [2.45, 2.75) is 77.2 Å². The summed E-state index contributed by atoms with van der Waals surface area (Å²) in [6.45, 7) is 10.9. The van der Waals surface area contributed by atoms with Crippen LogP contribution in [0.25, 0.3) is 11.0 Å². The van der Waals surface area contributed by atoms with Gasteiger partial charge in [-0.15, -0.1) is 0 Å². The monoisotopic (exact) mass is 650 g/mol. The molecule has 1 aliphatic carbocycles. The summed E-state index contributed by atoms with van der Waals surface area (Å²) in [6.07, 6.45) is 0.986. The first-order chi connectivity index (χ1) is 23.0. The Kier molecular flexibility index (Phi) is 10.3. The highest BCUT2D eigenvalue weighted by atomic mass is 16.3. The number of fused-ring (bicyclic) bond motifs is 2. The second kappa shape index (κ2) is 14.6. The second-order valence-electron chi connectivity index (χ2n) is 14.9. The van der Waals surface area contributed by atoms with E-state index in [4.69, 9.17) is 4.42 Å². The molecule has 3 N–H and O–H groups in total. The van der Waals surface area contributed by atoms with Crippen molar-refractivity contribution in [1.29, 1.82) is 0 Å². The van der Waals surface area contributed by atoms with E-state index in [0.29, 0.717) is 44.9 Å². The molecule has 2 amide bonds. The molecule has 1 fully saturated rings. The zero-order chi connectivity index (χ0) is 33.8. The number of nitrogens with zero attached hydrogens (tertiary/aromatic N) is 2. The number of amides is 2. The van der Waals surface area contributed by atoms with Crippen molar-refractivity contribution in [3.63, 3.8) is 0 Å². The number of benzene rings is 3. The van der Waals surface area contributed by atoms with Gasteiger partial charge in [0.15, 0.2) is 0 Å². The number of nitrogens with one attached hydrogen (secondary N) is 2. The molecular weight excluding hydrogens is 600 g/mol. The number of carbonyl (C=O) groups excluding carboxylic acids is 2. The Balaban J connectivity index is 1.15. The normalized spacial score (nSPS) is 21.5. The lowest BCUT2D eigenvalue weighted by atomic mass is 9.91. The molecule has 3 aromatic carbocycles. The molecule has 0 saturated carbocycles. The molecule has 1 aliphatic heterocycles. The first kappa shape index (κ1) is 33.9.